The van der Waals surface area contributed by atoms with Gasteiger partial charge in [0, 0.05) is 11.7 Å². The largest absolute Gasteiger partial charge is 0.335 e. The van der Waals surface area contributed by atoms with Crippen LogP contribution in [0.15, 0.2) is 30.3 Å². The summed E-state index contributed by atoms with van der Waals surface area (Å²) in [5.74, 6) is 0. The Balaban J connectivity index is 2.36. The van der Waals surface area contributed by atoms with Gasteiger partial charge in [0.2, 0.25) is 0 Å². The predicted octanol–water partition coefficient (Wildman–Crippen LogP) is 3.00. The number of benzene rings is 1. The molecule has 1 unspecified atom stereocenters. The molecular weight excluding hydrogens is 188 g/mol. The van der Waals surface area contributed by atoms with Crippen molar-refractivity contribution >= 4 is 11.7 Å². The SMILES string of the molecule is CCCC(C)NC(=O)Nc1ccccc1. The van der Waals surface area contributed by atoms with Crippen molar-refractivity contribution in [2.75, 3.05) is 5.32 Å². The Morgan fingerprint density at radius 3 is 2.60 bits per heavy atom. The molecule has 0 saturated carbocycles. The molecule has 0 aromatic heterocycles. The van der Waals surface area contributed by atoms with Crippen molar-refractivity contribution in [2.24, 2.45) is 0 Å². The van der Waals surface area contributed by atoms with Crippen molar-refractivity contribution in [1.82, 2.24) is 5.32 Å². The van der Waals surface area contributed by atoms with Crippen molar-refractivity contribution < 1.29 is 4.79 Å². The number of para-hydroxylation sites is 1. The number of nitrogens with one attached hydrogen (secondary N) is 2. The molecule has 3 nitrogen and oxygen atoms in total. The second-order valence-corrected chi connectivity index (χ2v) is 3.65. The lowest BCUT2D eigenvalue weighted by Crippen LogP contribution is -2.35. The number of urea groups is 1. The molecule has 2 amide bonds. The van der Waals surface area contributed by atoms with E-state index in [2.05, 4.69) is 17.6 Å². The zero-order valence-corrected chi connectivity index (χ0v) is 9.29. The van der Waals surface area contributed by atoms with Gasteiger partial charge >= 0.3 is 6.03 Å². The summed E-state index contributed by atoms with van der Waals surface area (Å²) in [6.45, 7) is 4.11. The molecule has 2 N–H and O–H groups in total. The van der Waals surface area contributed by atoms with Crippen molar-refractivity contribution in [3.8, 4) is 0 Å². The Kier molecular flexibility index (Phi) is 4.68. The van der Waals surface area contributed by atoms with Crippen LogP contribution in [0.5, 0.6) is 0 Å². The molecule has 1 aromatic rings. The van der Waals surface area contributed by atoms with Crippen LogP contribution in [0.1, 0.15) is 26.7 Å². The van der Waals surface area contributed by atoms with Gasteiger partial charge in [0.15, 0.2) is 0 Å². The lowest BCUT2D eigenvalue weighted by molar-refractivity contribution is 0.248. The van der Waals surface area contributed by atoms with Crippen LogP contribution in [-0.2, 0) is 0 Å². The van der Waals surface area contributed by atoms with Crippen molar-refractivity contribution in [1.29, 1.82) is 0 Å². The fraction of sp³-hybridized carbons (Fsp3) is 0.417. The molecule has 0 aliphatic rings. The average molecular weight is 206 g/mol. The van der Waals surface area contributed by atoms with E-state index in [1.54, 1.807) is 0 Å². The van der Waals surface area contributed by atoms with E-state index in [0.29, 0.717) is 0 Å². The Labute approximate surface area is 90.9 Å². The van der Waals surface area contributed by atoms with Gasteiger partial charge in [-0.1, -0.05) is 31.5 Å². The maximum atomic E-state index is 11.5. The number of carbonyl (C=O) groups excluding carboxylic acids is 1. The van der Waals surface area contributed by atoms with Gasteiger partial charge in [-0.15, -0.1) is 0 Å². The first-order chi connectivity index (χ1) is 7.22. The highest BCUT2D eigenvalue weighted by Gasteiger charge is 2.05. The minimum atomic E-state index is -0.137. The monoisotopic (exact) mass is 206 g/mol. The number of hydrogen-bond acceptors (Lipinski definition) is 1. The molecule has 82 valence electrons. The topological polar surface area (TPSA) is 41.1 Å². The van der Waals surface area contributed by atoms with Crippen molar-refractivity contribution in [3.05, 3.63) is 30.3 Å². The van der Waals surface area contributed by atoms with Gasteiger partial charge in [-0.3, -0.25) is 0 Å². The minimum Gasteiger partial charge on any atom is -0.335 e. The van der Waals surface area contributed by atoms with Crippen LogP contribution in [0.25, 0.3) is 0 Å². The number of anilines is 1. The summed E-state index contributed by atoms with van der Waals surface area (Å²) in [6.07, 6.45) is 2.08. The fourth-order valence-corrected chi connectivity index (χ4v) is 1.42. The van der Waals surface area contributed by atoms with E-state index < -0.39 is 0 Å². The standard InChI is InChI=1S/C12H18N2O/c1-3-7-10(2)13-12(15)14-11-8-5-4-6-9-11/h4-6,8-10H,3,7H2,1-2H3,(H2,13,14,15). The molecule has 1 rings (SSSR count). The van der Waals surface area contributed by atoms with Crippen molar-refractivity contribution in [2.45, 2.75) is 32.7 Å². The number of carbonyl (C=O) groups is 1. The van der Waals surface area contributed by atoms with E-state index in [-0.39, 0.29) is 12.1 Å². The zero-order chi connectivity index (χ0) is 11.1. The maximum Gasteiger partial charge on any atom is 0.319 e. The molecule has 15 heavy (non-hydrogen) atoms. The van der Waals surface area contributed by atoms with Crippen LogP contribution in [0.3, 0.4) is 0 Å². The summed E-state index contributed by atoms with van der Waals surface area (Å²) in [6, 6.07) is 9.52. The van der Waals surface area contributed by atoms with Gasteiger partial charge in [0.1, 0.15) is 0 Å². The van der Waals surface area contributed by atoms with E-state index in [4.69, 9.17) is 0 Å². The zero-order valence-electron chi connectivity index (χ0n) is 9.29. The normalized spacial score (nSPS) is 11.9. The highest BCUT2D eigenvalue weighted by atomic mass is 16.2. The molecule has 0 bridgehead atoms. The summed E-state index contributed by atoms with van der Waals surface area (Å²) in [4.78, 5) is 11.5. The first kappa shape index (κ1) is 11.6. The molecule has 0 saturated heterocycles. The van der Waals surface area contributed by atoms with Crippen LogP contribution in [0.2, 0.25) is 0 Å². The van der Waals surface area contributed by atoms with Gasteiger partial charge in [0.05, 0.1) is 0 Å². The Hall–Kier alpha value is -1.51. The summed E-state index contributed by atoms with van der Waals surface area (Å²) >= 11 is 0. The molecule has 1 aromatic carbocycles. The van der Waals surface area contributed by atoms with Gasteiger partial charge in [-0.05, 0) is 25.5 Å². The molecule has 0 aliphatic heterocycles. The summed E-state index contributed by atoms with van der Waals surface area (Å²) < 4.78 is 0. The van der Waals surface area contributed by atoms with Crippen LogP contribution >= 0.6 is 0 Å². The summed E-state index contributed by atoms with van der Waals surface area (Å²) in [5, 5.41) is 5.66. The van der Waals surface area contributed by atoms with Crippen LogP contribution in [0.4, 0.5) is 10.5 Å². The first-order valence-corrected chi connectivity index (χ1v) is 5.35. The number of amides is 2. The molecule has 0 spiro atoms. The van der Waals surface area contributed by atoms with Gasteiger partial charge in [0.25, 0.3) is 0 Å². The number of rotatable bonds is 4. The smallest absolute Gasteiger partial charge is 0.319 e. The van der Waals surface area contributed by atoms with E-state index >= 15 is 0 Å². The van der Waals surface area contributed by atoms with E-state index in [1.165, 1.54) is 0 Å². The Morgan fingerprint density at radius 1 is 1.33 bits per heavy atom. The molecule has 0 fully saturated rings. The lowest BCUT2D eigenvalue weighted by Gasteiger charge is -2.13. The van der Waals surface area contributed by atoms with E-state index in [0.717, 1.165) is 18.5 Å². The summed E-state index contributed by atoms with van der Waals surface area (Å²) in [7, 11) is 0. The second-order valence-electron chi connectivity index (χ2n) is 3.65. The number of hydrogen-bond donors (Lipinski definition) is 2. The highest BCUT2D eigenvalue weighted by Crippen LogP contribution is 2.04. The van der Waals surface area contributed by atoms with Gasteiger partial charge in [-0.25, -0.2) is 4.79 Å². The predicted molar refractivity (Wildman–Crippen MR) is 63.0 cm³/mol. The molecule has 0 heterocycles. The van der Waals surface area contributed by atoms with Gasteiger partial charge < -0.3 is 10.6 Å². The molecule has 1 atom stereocenters. The highest BCUT2D eigenvalue weighted by molar-refractivity contribution is 5.89. The quantitative estimate of drug-likeness (QED) is 0.781. The molecular formula is C12H18N2O. The van der Waals surface area contributed by atoms with Crippen molar-refractivity contribution in [3.63, 3.8) is 0 Å². The van der Waals surface area contributed by atoms with Crippen LogP contribution in [0, 0.1) is 0 Å². The molecule has 0 aliphatic carbocycles. The Morgan fingerprint density at radius 2 is 2.00 bits per heavy atom. The third kappa shape index (κ3) is 4.49. The summed E-state index contributed by atoms with van der Waals surface area (Å²) in [5.41, 5.74) is 0.818. The van der Waals surface area contributed by atoms with E-state index in [1.807, 2.05) is 37.3 Å². The third-order valence-electron chi connectivity index (χ3n) is 2.13. The maximum absolute atomic E-state index is 11.5. The van der Waals surface area contributed by atoms with E-state index in [9.17, 15) is 4.79 Å². The van der Waals surface area contributed by atoms with Gasteiger partial charge in [-0.2, -0.15) is 0 Å². The average Bonchev–Trinajstić information content (AvgIpc) is 2.19. The fourth-order valence-electron chi connectivity index (χ4n) is 1.42. The first-order valence-electron chi connectivity index (χ1n) is 5.35. The Bertz CT molecular complexity index is 298. The lowest BCUT2D eigenvalue weighted by atomic mass is 10.2. The molecule has 3 heteroatoms. The molecule has 0 radical (unpaired) electrons. The van der Waals surface area contributed by atoms with Crippen LogP contribution < -0.4 is 10.6 Å². The third-order valence-corrected chi connectivity index (χ3v) is 2.13. The second kappa shape index (κ2) is 6.06. The minimum absolute atomic E-state index is 0.137. The van der Waals surface area contributed by atoms with Crippen LogP contribution in [-0.4, -0.2) is 12.1 Å².